The van der Waals surface area contributed by atoms with Crippen LogP contribution < -0.4 is 16.8 Å². The number of anilines is 2. The lowest BCUT2D eigenvalue weighted by atomic mass is 10.0. The summed E-state index contributed by atoms with van der Waals surface area (Å²) >= 11 is 10.9. The number of nitrogens with one attached hydrogen (secondary N) is 1. The second-order valence-corrected chi connectivity index (χ2v) is 11.6. The van der Waals surface area contributed by atoms with E-state index in [1.807, 2.05) is 0 Å². The van der Waals surface area contributed by atoms with Crippen molar-refractivity contribution in [3.63, 3.8) is 0 Å². The first-order valence-corrected chi connectivity index (χ1v) is 13.5. The summed E-state index contributed by atoms with van der Waals surface area (Å²) in [4.78, 5) is 47.1. The molecule has 0 spiro atoms. The molecule has 2 aliphatic rings. The minimum absolute atomic E-state index is 0.0641. The van der Waals surface area contributed by atoms with Gasteiger partial charge in [0.1, 0.15) is 27.1 Å². The Hall–Kier alpha value is -2.53. The molecule has 0 aromatic carbocycles. The predicted octanol–water partition coefficient (Wildman–Crippen LogP) is 1.27. The average Bonchev–Trinajstić information content (AvgIpc) is 3.35. The molecule has 7 N–H and O–H groups in total. The lowest BCUT2D eigenvalue weighted by Gasteiger charge is -2.49. The molecule has 4 heterocycles. The van der Waals surface area contributed by atoms with Gasteiger partial charge in [-0.15, -0.1) is 34.9 Å². The van der Waals surface area contributed by atoms with Gasteiger partial charge in [-0.2, -0.15) is 0 Å². The second-order valence-electron chi connectivity index (χ2n) is 6.83. The number of thioether (sulfide) groups is 2. The SMILES string of the molecule is Nc1nc(/C(=N/O)C(=O)N[C@@H]2C(=O)N3C(C(=O)O)=C(SCCc4nc(N)sc4Cl)CS[C@H]23)cs1. The fourth-order valence-corrected chi connectivity index (χ4v) is 7.42. The van der Waals surface area contributed by atoms with Crippen LogP contribution in [0.2, 0.25) is 4.34 Å². The second kappa shape index (κ2) is 9.99. The number of rotatable bonds is 8. The van der Waals surface area contributed by atoms with Crippen molar-refractivity contribution in [2.45, 2.75) is 17.8 Å². The van der Waals surface area contributed by atoms with E-state index in [-0.39, 0.29) is 16.5 Å². The van der Waals surface area contributed by atoms with Gasteiger partial charge in [0.15, 0.2) is 16.0 Å². The monoisotopic (exact) mass is 561 g/mol. The first kappa shape index (κ1) is 24.6. The van der Waals surface area contributed by atoms with Crippen LogP contribution in [0.4, 0.5) is 10.3 Å². The number of carbonyl (C=O) groups is 3. The van der Waals surface area contributed by atoms with Crippen LogP contribution in [-0.4, -0.2) is 71.6 Å². The van der Waals surface area contributed by atoms with Crippen LogP contribution in [0.1, 0.15) is 11.4 Å². The lowest BCUT2D eigenvalue weighted by molar-refractivity contribution is -0.150. The number of fused-ring (bicyclic) bond motifs is 1. The van der Waals surface area contributed by atoms with E-state index in [2.05, 4.69) is 20.4 Å². The third kappa shape index (κ3) is 4.68. The first-order valence-electron chi connectivity index (χ1n) is 9.40. The van der Waals surface area contributed by atoms with Crippen LogP contribution in [0.15, 0.2) is 21.1 Å². The van der Waals surface area contributed by atoms with Crippen LogP contribution in [0, 0.1) is 0 Å². The number of nitrogens with zero attached hydrogens (tertiary/aromatic N) is 4. The number of thiazole rings is 2. The molecular formula is C17H16ClN7O5S4. The number of hydrogen-bond acceptors (Lipinski definition) is 13. The topological polar surface area (TPSA) is 197 Å². The molecule has 2 aromatic rings. The number of aromatic nitrogens is 2. The average molecular weight is 562 g/mol. The Morgan fingerprint density at radius 2 is 2.12 bits per heavy atom. The van der Waals surface area contributed by atoms with Gasteiger partial charge in [0.25, 0.3) is 11.8 Å². The van der Waals surface area contributed by atoms with E-state index < -0.39 is 34.9 Å². The number of halogens is 1. The van der Waals surface area contributed by atoms with Crippen molar-refractivity contribution in [3.05, 3.63) is 31.7 Å². The highest BCUT2D eigenvalue weighted by molar-refractivity contribution is 8.06. The summed E-state index contributed by atoms with van der Waals surface area (Å²) in [5, 5.41) is 25.8. The van der Waals surface area contributed by atoms with E-state index in [4.69, 9.17) is 23.1 Å². The summed E-state index contributed by atoms with van der Waals surface area (Å²) in [5.41, 5.74) is 11.4. The van der Waals surface area contributed by atoms with Crippen LogP contribution in [0.25, 0.3) is 0 Å². The number of β-lactam (4-membered cyclic amide) rings is 1. The van der Waals surface area contributed by atoms with Crippen LogP contribution in [0.3, 0.4) is 0 Å². The zero-order valence-electron chi connectivity index (χ0n) is 16.9. The Labute approximate surface area is 213 Å². The molecule has 2 amide bonds. The quantitative estimate of drug-likeness (QED) is 0.135. The van der Waals surface area contributed by atoms with Crippen molar-refractivity contribution in [1.82, 2.24) is 20.2 Å². The molecule has 0 aliphatic carbocycles. The molecule has 12 nitrogen and oxygen atoms in total. The number of aryl methyl sites for hydroxylation is 1. The Bertz CT molecular complexity index is 1230. The van der Waals surface area contributed by atoms with Crippen molar-refractivity contribution in [2.75, 3.05) is 23.0 Å². The first-order chi connectivity index (χ1) is 16.2. The lowest BCUT2D eigenvalue weighted by Crippen LogP contribution is -2.71. The molecule has 0 bridgehead atoms. The van der Waals surface area contributed by atoms with Crippen LogP contribution in [0.5, 0.6) is 0 Å². The summed E-state index contributed by atoms with van der Waals surface area (Å²) in [6.07, 6.45) is 0.485. The zero-order valence-corrected chi connectivity index (χ0v) is 20.9. The molecule has 17 heteroatoms. The van der Waals surface area contributed by atoms with Crippen LogP contribution in [-0.2, 0) is 20.8 Å². The maximum absolute atomic E-state index is 12.8. The fraction of sp³-hybridized carbons (Fsp3) is 0.294. The van der Waals surface area contributed by atoms with Crippen molar-refractivity contribution < 1.29 is 24.7 Å². The molecule has 180 valence electrons. The number of carbonyl (C=O) groups excluding carboxylic acids is 2. The smallest absolute Gasteiger partial charge is 0.353 e. The fourth-order valence-electron chi connectivity index (χ4n) is 3.30. The van der Waals surface area contributed by atoms with Gasteiger partial charge in [-0.3, -0.25) is 14.5 Å². The minimum atomic E-state index is -1.24. The predicted molar refractivity (Wildman–Crippen MR) is 132 cm³/mol. The Balaban J connectivity index is 1.44. The van der Waals surface area contributed by atoms with E-state index in [0.29, 0.717) is 38.0 Å². The number of aliphatic carboxylic acids is 1. The van der Waals surface area contributed by atoms with Gasteiger partial charge in [0, 0.05) is 28.2 Å². The van der Waals surface area contributed by atoms with Crippen molar-refractivity contribution in [3.8, 4) is 0 Å². The summed E-state index contributed by atoms with van der Waals surface area (Å²) in [6.45, 7) is 0. The van der Waals surface area contributed by atoms with Crippen molar-refractivity contribution in [1.29, 1.82) is 0 Å². The summed E-state index contributed by atoms with van der Waals surface area (Å²) < 4.78 is 0.492. The molecule has 0 unspecified atom stereocenters. The highest BCUT2D eigenvalue weighted by atomic mass is 35.5. The van der Waals surface area contributed by atoms with E-state index in [1.54, 1.807) is 0 Å². The Morgan fingerprint density at radius 3 is 2.71 bits per heavy atom. The van der Waals surface area contributed by atoms with Crippen molar-refractivity contribution >= 4 is 91.6 Å². The summed E-state index contributed by atoms with van der Waals surface area (Å²) in [6, 6.07) is -0.983. The van der Waals surface area contributed by atoms with Gasteiger partial charge in [-0.25, -0.2) is 14.8 Å². The van der Waals surface area contributed by atoms with Gasteiger partial charge in [-0.1, -0.05) is 28.1 Å². The largest absolute Gasteiger partial charge is 0.477 e. The van der Waals surface area contributed by atoms with Gasteiger partial charge >= 0.3 is 5.97 Å². The van der Waals surface area contributed by atoms with E-state index in [9.17, 15) is 24.7 Å². The normalized spacial score (nSPS) is 20.2. The van der Waals surface area contributed by atoms with Gasteiger partial charge < -0.3 is 27.1 Å². The molecule has 0 radical (unpaired) electrons. The molecule has 34 heavy (non-hydrogen) atoms. The Kier molecular flexibility index (Phi) is 7.22. The third-order valence-electron chi connectivity index (χ3n) is 4.78. The maximum atomic E-state index is 12.8. The molecule has 2 aliphatic heterocycles. The minimum Gasteiger partial charge on any atom is -0.477 e. The summed E-state index contributed by atoms with van der Waals surface area (Å²) in [7, 11) is 0. The van der Waals surface area contributed by atoms with Gasteiger partial charge in [-0.05, 0) is 0 Å². The molecule has 4 rings (SSSR count). The highest BCUT2D eigenvalue weighted by Gasteiger charge is 2.54. The van der Waals surface area contributed by atoms with Gasteiger partial charge in [0.2, 0.25) is 0 Å². The number of nitrogens with two attached hydrogens (primary N) is 2. The number of amides is 2. The summed E-state index contributed by atoms with van der Waals surface area (Å²) in [5.74, 6) is -1.81. The number of carboxylic acid groups (broad SMARTS) is 1. The maximum Gasteiger partial charge on any atom is 0.353 e. The standard InChI is InChI=1S/C17H16ClN7O5S4/c18-11-5(21-17(20)34-11)1-2-31-7-4-32-14-9(13(27)25(14)10(7)15(28)29)23-12(26)8(24-30)6-3-33-16(19)22-6/h3,9,14,30H,1-2,4H2,(H2,19,22)(H2,20,21)(H,23,26)(H,28,29)/b24-8-/t9-,14-/m1/s1. The van der Waals surface area contributed by atoms with E-state index in [1.165, 1.54) is 40.2 Å². The number of oxime groups is 1. The molecule has 1 fully saturated rings. The zero-order chi connectivity index (χ0) is 24.6. The highest BCUT2D eigenvalue weighted by Crippen LogP contribution is 2.43. The molecule has 1 saturated heterocycles. The molecule has 0 saturated carbocycles. The third-order valence-corrected chi connectivity index (χ3v) is 9.18. The van der Waals surface area contributed by atoms with E-state index >= 15 is 0 Å². The number of hydrogen-bond donors (Lipinski definition) is 5. The van der Waals surface area contributed by atoms with E-state index in [0.717, 1.165) is 16.2 Å². The molecule has 2 aromatic heterocycles. The van der Waals surface area contributed by atoms with Crippen molar-refractivity contribution in [2.24, 2.45) is 5.16 Å². The number of carboxylic acids is 1. The van der Waals surface area contributed by atoms with Crippen LogP contribution >= 0.6 is 57.8 Å². The number of nitrogen functional groups attached to an aromatic ring is 2. The molecular weight excluding hydrogens is 546 g/mol. The molecule has 2 atom stereocenters. The van der Waals surface area contributed by atoms with Gasteiger partial charge in [0.05, 0.1) is 5.69 Å². The Morgan fingerprint density at radius 1 is 1.35 bits per heavy atom.